The zero-order valence-corrected chi connectivity index (χ0v) is 24.3. The van der Waals surface area contributed by atoms with E-state index >= 15 is 0 Å². The fourth-order valence-electron chi connectivity index (χ4n) is 4.95. The molecule has 8 N–H and O–H groups in total. The molecule has 4 aromatic heterocycles. The summed E-state index contributed by atoms with van der Waals surface area (Å²) < 4.78 is 19.2. The number of aromatic nitrogens is 6. The molecule has 2 aliphatic heterocycles. The van der Waals surface area contributed by atoms with Crippen LogP contribution in [0, 0.1) is 0 Å². The molecular formula is C23H28N8O10S2. The Morgan fingerprint density at radius 3 is 1.93 bits per heavy atom. The Hall–Kier alpha value is -3.95. The van der Waals surface area contributed by atoms with Gasteiger partial charge in [0.25, 0.3) is 11.1 Å². The van der Waals surface area contributed by atoms with E-state index < -0.39 is 57.6 Å². The molecule has 2 saturated heterocycles. The van der Waals surface area contributed by atoms with Crippen molar-refractivity contribution in [2.24, 2.45) is 0 Å². The van der Waals surface area contributed by atoms with E-state index in [2.05, 4.69) is 19.9 Å². The number of H-pyrrole nitrogens is 2. The lowest BCUT2D eigenvalue weighted by molar-refractivity contribution is -0.152. The van der Waals surface area contributed by atoms with Gasteiger partial charge in [-0.25, -0.2) is 0 Å². The second-order valence-electron chi connectivity index (χ2n) is 9.76. The van der Waals surface area contributed by atoms with E-state index in [9.17, 15) is 29.1 Å². The number of aromatic amines is 2. The highest BCUT2D eigenvalue weighted by Gasteiger charge is 2.40. The van der Waals surface area contributed by atoms with Crippen molar-refractivity contribution >= 4 is 61.2 Å². The van der Waals surface area contributed by atoms with E-state index in [1.165, 1.54) is 11.5 Å². The number of esters is 1. The molecule has 0 bridgehead atoms. The number of rotatable bonds is 5. The van der Waals surface area contributed by atoms with Crippen molar-refractivity contribution in [3.05, 3.63) is 40.0 Å². The van der Waals surface area contributed by atoms with Crippen LogP contribution in [-0.2, 0) is 19.0 Å². The van der Waals surface area contributed by atoms with Crippen LogP contribution in [0.25, 0.3) is 20.7 Å². The zero-order chi connectivity index (χ0) is 31.2. The molecule has 0 spiro atoms. The highest BCUT2D eigenvalue weighted by Crippen LogP contribution is 2.34. The molecule has 2 fully saturated rings. The predicted molar refractivity (Wildman–Crippen MR) is 154 cm³/mol. The van der Waals surface area contributed by atoms with Gasteiger partial charge in [0.1, 0.15) is 21.6 Å². The van der Waals surface area contributed by atoms with Crippen LogP contribution in [0.3, 0.4) is 0 Å². The van der Waals surface area contributed by atoms with Gasteiger partial charge in [0.05, 0.1) is 18.8 Å². The van der Waals surface area contributed by atoms with E-state index in [-0.39, 0.29) is 51.7 Å². The highest BCUT2D eigenvalue weighted by atomic mass is 32.1. The number of nitrogen functional groups attached to an aromatic ring is 2. The summed E-state index contributed by atoms with van der Waals surface area (Å²) in [6.45, 7) is 2.97. The number of thiazole rings is 2. The van der Waals surface area contributed by atoms with Gasteiger partial charge in [-0.1, -0.05) is 29.6 Å². The van der Waals surface area contributed by atoms with Gasteiger partial charge >= 0.3 is 15.7 Å². The molecule has 20 heteroatoms. The van der Waals surface area contributed by atoms with Gasteiger partial charge < -0.3 is 35.9 Å². The smallest absolute Gasteiger partial charge is 0.311 e. The SMILES string of the molecule is CC[C@@H]1C[C@@H](OC(C)=O)[C@H](n2c(=O)sc3c(=O)[nH]c(N)nc32)O1.Nc1nc2c(sc(=O)n2[C@@H]2O[C@H](CO)C[C@H]2O)c(=O)[nH]1. The first-order valence-corrected chi connectivity index (χ1v) is 14.6. The van der Waals surface area contributed by atoms with Crippen molar-refractivity contribution in [1.82, 2.24) is 29.1 Å². The Balaban J connectivity index is 0.000000173. The average Bonchev–Trinajstić information content (AvgIpc) is 3.67. The van der Waals surface area contributed by atoms with Crippen molar-refractivity contribution < 1.29 is 29.2 Å². The Morgan fingerprint density at radius 1 is 0.953 bits per heavy atom. The Morgan fingerprint density at radius 2 is 1.47 bits per heavy atom. The third kappa shape index (κ3) is 5.84. The second-order valence-corrected chi connectivity index (χ2v) is 11.7. The summed E-state index contributed by atoms with van der Waals surface area (Å²) >= 11 is 1.46. The van der Waals surface area contributed by atoms with Gasteiger partial charge in [0.2, 0.25) is 11.9 Å². The lowest BCUT2D eigenvalue weighted by Gasteiger charge is -2.19. The molecule has 6 rings (SSSR count). The number of fused-ring (bicyclic) bond motifs is 2. The zero-order valence-electron chi connectivity index (χ0n) is 22.7. The molecule has 0 aromatic carbocycles. The third-order valence-electron chi connectivity index (χ3n) is 6.78. The minimum Gasteiger partial charge on any atom is -0.458 e. The lowest BCUT2D eigenvalue weighted by Crippen LogP contribution is -2.30. The molecule has 0 amide bonds. The van der Waals surface area contributed by atoms with Gasteiger partial charge in [-0.15, -0.1) is 0 Å². The van der Waals surface area contributed by atoms with Crippen LogP contribution in [0.5, 0.6) is 0 Å². The minimum absolute atomic E-state index is 0.0730. The van der Waals surface area contributed by atoms with Gasteiger partial charge in [0.15, 0.2) is 23.8 Å². The fourth-order valence-corrected chi connectivity index (χ4v) is 6.63. The van der Waals surface area contributed by atoms with E-state index in [1.54, 1.807) is 0 Å². The van der Waals surface area contributed by atoms with Gasteiger partial charge in [-0.05, 0) is 6.42 Å². The number of nitrogens with one attached hydrogen (secondary N) is 2. The number of nitrogens with zero attached hydrogens (tertiary/aromatic N) is 4. The van der Waals surface area contributed by atoms with Crippen LogP contribution >= 0.6 is 22.7 Å². The number of carbonyl (C=O) groups is 1. The van der Waals surface area contributed by atoms with Gasteiger partial charge in [-0.2, -0.15) is 9.97 Å². The largest absolute Gasteiger partial charge is 0.458 e. The molecular weight excluding hydrogens is 612 g/mol. The van der Waals surface area contributed by atoms with Crippen molar-refractivity contribution in [2.45, 2.75) is 70.0 Å². The molecule has 0 saturated carbocycles. The molecule has 18 nitrogen and oxygen atoms in total. The maximum absolute atomic E-state index is 12.3. The number of aliphatic hydroxyl groups excluding tert-OH is 2. The maximum Gasteiger partial charge on any atom is 0.311 e. The summed E-state index contributed by atoms with van der Waals surface area (Å²) in [7, 11) is 0. The molecule has 232 valence electrons. The van der Waals surface area contributed by atoms with E-state index in [0.717, 1.165) is 15.9 Å². The number of carbonyl (C=O) groups excluding carboxylic acids is 1. The maximum atomic E-state index is 12.3. The number of ether oxygens (including phenoxy) is 3. The second kappa shape index (κ2) is 12.0. The molecule has 0 unspecified atom stereocenters. The first kappa shape index (κ1) is 30.5. The van der Waals surface area contributed by atoms with Gasteiger partial charge in [0, 0.05) is 19.8 Å². The first-order valence-electron chi connectivity index (χ1n) is 13.0. The summed E-state index contributed by atoms with van der Waals surface area (Å²) in [4.78, 5) is 71.0. The van der Waals surface area contributed by atoms with Crippen LogP contribution in [0.2, 0.25) is 0 Å². The van der Waals surface area contributed by atoms with Crippen LogP contribution in [0.15, 0.2) is 19.2 Å². The number of aliphatic hydroxyl groups is 2. The monoisotopic (exact) mass is 640 g/mol. The number of nitrogens with two attached hydrogens (primary N) is 2. The lowest BCUT2D eigenvalue weighted by atomic mass is 10.1. The first-order chi connectivity index (χ1) is 20.4. The highest BCUT2D eigenvalue weighted by molar-refractivity contribution is 7.16. The molecule has 43 heavy (non-hydrogen) atoms. The quantitative estimate of drug-likeness (QED) is 0.139. The van der Waals surface area contributed by atoms with Crippen LogP contribution < -0.4 is 32.3 Å². The topological polar surface area (TPSA) is 273 Å². The molecule has 2 aliphatic rings. The molecule has 0 aliphatic carbocycles. The van der Waals surface area contributed by atoms with Crippen molar-refractivity contribution in [2.75, 3.05) is 18.1 Å². The number of hydrogen-bond acceptors (Lipinski definition) is 16. The van der Waals surface area contributed by atoms with Crippen molar-refractivity contribution in [1.29, 1.82) is 0 Å². The number of anilines is 2. The van der Waals surface area contributed by atoms with Crippen molar-refractivity contribution in [3.8, 4) is 0 Å². The Bertz CT molecular complexity index is 1910. The summed E-state index contributed by atoms with van der Waals surface area (Å²) in [5.41, 5.74) is 10.2. The summed E-state index contributed by atoms with van der Waals surface area (Å²) in [6.07, 6.45) is -2.71. The minimum atomic E-state index is -0.984. The third-order valence-corrected chi connectivity index (χ3v) is 8.67. The van der Waals surface area contributed by atoms with E-state index in [4.69, 9.17) is 30.8 Å². The number of hydrogen-bond donors (Lipinski definition) is 6. The predicted octanol–water partition coefficient (Wildman–Crippen LogP) is -1.27. The van der Waals surface area contributed by atoms with Crippen molar-refractivity contribution in [3.63, 3.8) is 0 Å². The Labute approximate surface area is 247 Å². The summed E-state index contributed by atoms with van der Waals surface area (Å²) in [6, 6.07) is 0. The van der Waals surface area contributed by atoms with E-state index in [0.29, 0.717) is 24.2 Å². The van der Waals surface area contributed by atoms with Crippen LogP contribution in [0.4, 0.5) is 11.9 Å². The molecule has 6 atom stereocenters. The average molecular weight is 641 g/mol. The molecule has 6 heterocycles. The van der Waals surface area contributed by atoms with Crippen LogP contribution in [-0.4, -0.2) is 76.3 Å². The molecule has 4 aromatic rings. The fraction of sp³-hybridized carbons (Fsp3) is 0.522. The van der Waals surface area contributed by atoms with Crippen LogP contribution in [0.1, 0.15) is 45.6 Å². The van der Waals surface area contributed by atoms with E-state index in [1.807, 2.05) is 6.92 Å². The van der Waals surface area contributed by atoms with Gasteiger partial charge in [-0.3, -0.25) is 43.1 Å². The normalized spacial score (nSPS) is 25.2. The summed E-state index contributed by atoms with van der Waals surface area (Å²) in [5, 5.41) is 19.0. The Kier molecular flexibility index (Phi) is 8.49. The summed E-state index contributed by atoms with van der Waals surface area (Å²) in [5.74, 6) is -0.679. The standard InChI is InChI=1S/C13H16N4O5S.C10H12N4O5S/c1-3-6-4-7(21-5(2)18)11(22-6)17-9-8(23-13(17)20)10(19)16-12(14)15-9;11-9-12-6-5(7(17)13-9)20-10(18)14(6)8-4(16)1-3(2-15)19-8/h6-7,11H,3-4H2,1-2H3,(H3,14,15,16,19);3-4,8,15-16H,1-2H2,(H3,11,12,13,17)/t6-,7-,11-;3-,4+,8+/m10/s1. The molecule has 0 radical (unpaired) electrons.